The number of aryl methyl sites for hydroxylation is 1. The van der Waals surface area contributed by atoms with E-state index in [0.717, 1.165) is 16.8 Å². The molecule has 1 N–H and O–H groups in total. The van der Waals surface area contributed by atoms with Crippen LogP contribution >= 0.6 is 0 Å². The summed E-state index contributed by atoms with van der Waals surface area (Å²) in [5.74, 6) is 0.441. The molecule has 2 aromatic rings. The van der Waals surface area contributed by atoms with E-state index in [1.807, 2.05) is 37.3 Å². The molecule has 1 aliphatic rings. The largest absolute Gasteiger partial charge is 0.479 e. The third-order valence-corrected chi connectivity index (χ3v) is 4.10. The second-order valence-electron chi connectivity index (χ2n) is 6.11. The van der Waals surface area contributed by atoms with Gasteiger partial charge in [0.15, 0.2) is 6.10 Å². The minimum atomic E-state index is -0.548. The van der Waals surface area contributed by atoms with Crippen LogP contribution in [0.2, 0.25) is 0 Å². The number of amides is 2. The van der Waals surface area contributed by atoms with Crippen LogP contribution in [0.4, 0.5) is 5.69 Å². The van der Waals surface area contributed by atoms with Crippen LogP contribution in [-0.4, -0.2) is 29.4 Å². The maximum atomic E-state index is 12.5. The van der Waals surface area contributed by atoms with Gasteiger partial charge in [-0.25, -0.2) is 0 Å². The molecule has 0 bridgehead atoms. The van der Waals surface area contributed by atoms with E-state index < -0.39 is 6.10 Å². The number of pyridine rings is 1. The Morgan fingerprint density at radius 3 is 2.96 bits per heavy atom. The number of nitrogens with one attached hydrogen (secondary N) is 1. The van der Waals surface area contributed by atoms with Crippen molar-refractivity contribution in [2.45, 2.75) is 32.9 Å². The maximum absolute atomic E-state index is 12.5. The minimum absolute atomic E-state index is 0.106. The fourth-order valence-corrected chi connectivity index (χ4v) is 2.75. The summed E-state index contributed by atoms with van der Waals surface area (Å²) in [6.45, 7) is 4.43. The standard InChI is InChI=1S/C19H21N3O3/c1-13-5-6-17-16(10-13)22(19(24)14(2)25-17)9-7-18(23)21-12-15-4-3-8-20-11-15/h3-6,8,10-11,14H,7,9,12H2,1-2H3,(H,21,23). The molecule has 0 spiro atoms. The molecule has 3 rings (SSSR count). The van der Waals surface area contributed by atoms with Gasteiger partial charge in [0.2, 0.25) is 5.91 Å². The van der Waals surface area contributed by atoms with E-state index in [4.69, 9.17) is 4.74 Å². The van der Waals surface area contributed by atoms with Crippen LogP contribution in [-0.2, 0) is 16.1 Å². The summed E-state index contributed by atoms with van der Waals surface area (Å²) >= 11 is 0. The molecule has 6 nitrogen and oxygen atoms in total. The average molecular weight is 339 g/mol. The third kappa shape index (κ3) is 3.96. The van der Waals surface area contributed by atoms with Gasteiger partial charge in [-0.1, -0.05) is 12.1 Å². The number of carbonyl (C=O) groups is 2. The van der Waals surface area contributed by atoms with Gasteiger partial charge in [0, 0.05) is 31.9 Å². The van der Waals surface area contributed by atoms with Crippen molar-refractivity contribution in [2.24, 2.45) is 0 Å². The zero-order valence-electron chi connectivity index (χ0n) is 14.4. The van der Waals surface area contributed by atoms with Crippen molar-refractivity contribution in [3.63, 3.8) is 0 Å². The van der Waals surface area contributed by atoms with Crippen LogP contribution in [0.15, 0.2) is 42.7 Å². The van der Waals surface area contributed by atoms with Gasteiger partial charge in [0.05, 0.1) is 5.69 Å². The molecule has 0 saturated heterocycles. The lowest BCUT2D eigenvalue weighted by Gasteiger charge is -2.33. The average Bonchev–Trinajstić information content (AvgIpc) is 2.62. The maximum Gasteiger partial charge on any atom is 0.267 e. The van der Waals surface area contributed by atoms with Crippen LogP contribution in [0, 0.1) is 6.92 Å². The summed E-state index contributed by atoms with van der Waals surface area (Å²) in [6, 6.07) is 9.45. The summed E-state index contributed by atoms with van der Waals surface area (Å²) in [6.07, 6.45) is 3.09. The molecule has 0 saturated carbocycles. The monoisotopic (exact) mass is 339 g/mol. The van der Waals surface area contributed by atoms with Crippen molar-refractivity contribution in [3.05, 3.63) is 53.9 Å². The predicted octanol–water partition coefficient (Wildman–Crippen LogP) is 2.21. The van der Waals surface area contributed by atoms with Crippen molar-refractivity contribution in [1.82, 2.24) is 10.3 Å². The highest BCUT2D eigenvalue weighted by molar-refractivity contribution is 6.00. The Labute approximate surface area is 146 Å². The number of benzene rings is 1. The first-order valence-electron chi connectivity index (χ1n) is 8.29. The molecule has 25 heavy (non-hydrogen) atoms. The molecule has 1 aromatic heterocycles. The Kier molecular flexibility index (Phi) is 4.97. The molecule has 1 atom stereocenters. The van der Waals surface area contributed by atoms with Crippen LogP contribution < -0.4 is 15.0 Å². The van der Waals surface area contributed by atoms with E-state index in [2.05, 4.69) is 10.3 Å². The van der Waals surface area contributed by atoms with E-state index in [1.165, 1.54) is 0 Å². The molecule has 0 aliphatic carbocycles. The van der Waals surface area contributed by atoms with Crippen LogP contribution in [0.1, 0.15) is 24.5 Å². The zero-order valence-corrected chi connectivity index (χ0v) is 14.4. The molecular formula is C19H21N3O3. The number of anilines is 1. The van der Waals surface area contributed by atoms with Gasteiger partial charge in [-0.2, -0.15) is 0 Å². The molecule has 0 radical (unpaired) electrons. The summed E-state index contributed by atoms with van der Waals surface area (Å²) in [7, 11) is 0. The molecule has 0 fully saturated rings. The van der Waals surface area contributed by atoms with E-state index >= 15 is 0 Å². The molecule has 130 valence electrons. The van der Waals surface area contributed by atoms with Crippen molar-refractivity contribution >= 4 is 17.5 Å². The number of hydrogen-bond donors (Lipinski definition) is 1. The second-order valence-corrected chi connectivity index (χ2v) is 6.11. The first-order valence-corrected chi connectivity index (χ1v) is 8.29. The fraction of sp³-hybridized carbons (Fsp3) is 0.316. The third-order valence-electron chi connectivity index (χ3n) is 4.10. The van der Waals surface area contributed by atoms with Crippen LogP contribution in [0.3, 0.4) is 0 Å². The van der Waals surface area contributed by atoms with E-state index in [9.17, 15) is 9.59 Å². The molecule has 1 aliphatic heterocycles. The Morgan fingerprint density at radius 2 is 2.20 bits per heavy atom. The predicted molar refractivity (Wildman–Crippen MR) is 94.3 cm³/mol. The zero-order chi connectivity index (χ0) is 17.8. The lowest BCUT2D eigenvalue weighted by molar-refractivity contribution is -0.125. The number of ether oxygens (including phenoxy) is 1. The van der Waals surface area contributed by atoms with Gasteiger partial charge in [-0.05, 0) is 43.2 Å². The molecule has 1 unspecified atom stereocenters. The van der Waals surface area contributed by atoms with Crippen molar-refractivity contribution in [2.75, 3.05) is 11.4 Å². The fourth-order valence-electron chi connectivity index (χ4n) is 2.75. The number of nitrogens with zero attached hydrogens (tertiary/aromatic N) is 2. The number of rotatable bonds is 5. The molecule has 1 aromatic carbocycles. The highest BCUT2D eigenvalue weighted by Gasteiger charge is 2.31. The molecular weight excluding hydrogens is 318 g/mol. The Morgan fingerprint density at radius 1 is 1.36 bits per heavy atom. The number of carbonyl (C=O) groups excluding carboxylic acids is 2. The van der Waals surface area contributed by atoms with Gasteiger partial charge in [0.25, 0.3) is 5.91 Å². The number of aromatic nitrogens is 1. The summed E-state index contributed by atoms with van der Waals surface area (Å²) in [5.41, 5.74) is 2.70. The topological polar surface area (TPSA) is 71.5 Å². The number of hydrogen-bond acceptors (Lipinski definition) is 4. The quantitative estimate of drug-likeness (QED) is 0.907. The van der Waals surface area contributed by atoms with Crippen molar-refractivity contribution < 1.29 is 14.3 Å². The summed E-state index contributed by atoms with van der Waals surface area (Å²) in [5, 5.41) is 2.85. The van der Waals surface area contributed by atoms with E-state index in [-0.39, 0.29) is 18.2 Å². The van der Waals surface area contributed by atoms with Crippen LogP contribution in [0.5, 0.6) is 5.75 Å². The van der Waals surface area contributed by atoms with E-state index in [0.29, 0.717) is 18.8 Å². The first-order chi connectivity index (χ1) is 12.0. The normalized spacial score (nSPS) is 16.2. The Balaban J connectivity index is 1.63. The van der Waals surface area contributed by atoms with Crippen molar-refractivity contribution in [1.29, 1.82) is 0 Å². The van der Waals surface area contributed by atoms with Gasteiger partial charge in [-0.15, -0.1) is 0 Å². The van der Waals surface area contributed by atoms with Gasteiger partial charge in [0.1, 0.15) is 5.75 Å². The molecule has 6 heteroatoms. The number of fused-ring (bicyclic) bond motifs is 1. The lowest BCUT2D eigenvalue weighted by Crippen LogP contribution is -2.45. The smallest absolute Gasteiger partial charge is 0.267 e. The van der Waals surface area contributed by atoms with Crippen molar-refractivity contribution in [3.8, 4) is 5.75 Å². The highest BCUT2D eigenvalue weighted by Crippen LogP contribution is 2.34. The lowest BCUT2D eigenvalue weighted by atomic mass is 10.1. The van der Waals surface area contributed by atoms with Gasteiger partial charge < -0.3 is 15.0 Å². The second kappa shape index (κ2) is 7.34. The Bertz CT molecular complexity index is 777. The minimum Gasteiger partial charge on any atom is -0.479 e. The highest BCUT2D eigenvalue weighted by atomic mass is 16.5. The molecule has 2 amide bonds. The SMILES string of the molecule is Cc1ccc2c(c1)N(CCC(=O)NCc1cccnc1)C(=O)C(C)O2. The first kappa shape index (κ1) is 17.0. The Hall–Kier alpha value is -2.89. The molecule has 2 heterocycles. The summed E-state index contributed by atoms with van der Waals surface area (Å²) in [4.78, 5) is 30.2. The summed E-state index contributed by atoms with van der Waals surface area (Å²) < 4.78 is 5.64. The van der Waals surface area contributed by atoms with Gasteiger partial charge >= 0.3 is 0 Å². The van der Waals surface area contributed by atoms with Gasteiger partial charge in [-0.3, -0.25) is 14.6 Å². The van der Waals surface area contributed by atoms with E-state index in [1.54, 1.807) is 24.2 Å². The van der Waals surface area contributed by atoms with Crippen LogP contribution in [0.25, 0.3) is 0 Å².